The number of piperazine rings is 1. The predicted octanol–water partition coefficient (Wildman–Crippen LogP) is 2.40. The van der Waals surface area contributed by atoms with E-state index in [1.807, 2.05) is 42.2 Å². The highest BCUT2D eigenvalue weighted by atomic mass is 35.5. The van der Waals surface area contributed by atoms with Crippen LogP contribution in [0, 0.1) is 6.92 Å². The molecule has 1 amide bonds. The lowest BCUT2D eigenvalue weighted by Gasteiger charge is -2.31. The summed E-state index contributed by atoms with van der Waals surface area (Å²) in [6.45, 7) is 6.14. The Kier molecular flexibility index (Phi) is 6.75. The van der Waals surface area contributed by atoms with Crippen LogP contribution in [0.2, 0.25) is 0 Å². The number of aromatic nitrogens is 4. The molecule has 144 valence electrons. The van der Waals surface area contributed by atoms with E-state index < -0.39 is 0 Å². The summed E-state index contributed by atoms with van der Waals surface area (Å²) in [5.74, 6) is -0.0560. The fourth-order valence-electron chi connectivity index (χ4n) is 3.23. The second-order valence-corrected chi connectivity index (χ2v) is 6.42. The summed E-state index contributed by atoms with van der Waals surface area (Å²) < 4.78 is 1.71. The number of halogens is 2. The largest absolute Gasteiger partial charge is 0.334 e. The monoisotopic (exact) mass is 408 g/mol. The molecule has 1 fully saturated rings. The van der Waals surface area contributed by atoms with Crippen LogP contribution < -0.4 is 5.32 Å². The third-order valence-corrected chi connectivity index (χ3v) is 4.58. The second-order valence-electron chi connectivity index (χ2n) is 6.42. The summed E-state index contributed by atoms with van der Waals surface area (Å²) >= 11 is 0. The minimum atomic E-state index is -0.0560. The van der Waals surface area contributed by atoms with Gasteiger partial charge in [-0.2, -0.15) is 0 Å². The Bertz CT molecular complexity index is 945. The molecule has 27 heavy (non-hydrogen) atoms. The Morgan fingerprint density at radius 2 is 2.07 bits per heavy atom. The quantitative estimate of drug-likeness (QED) is 0.704. The zero-order chi connectivity index (χ0) is 17.4. The van der Waals surface area contributed by atoms with Crippen molar-refractivity contribution in [3.63, 3.8) is 0 Å². The van der Waals surface area contributed by atoms with Crippen LogP contribution in [0.25, 0.3) is 16.6 Å². The van der Waals surface area contributed by atoms with Gasteiger partial charge in [0.1, 0.15) is 0 Å². The van der Waals surface area contributed by atoms with Crippen molar-refractivity contribution in [1.82, 2.24) is 30.2 Å². The number of pyridine rings is 1. The number of amides is 1. The molecule has 1 aliphatic rings. The maximum absolute atomic E-state index is 12.8. The van der Waals surface area contributed by atoms with Gasteiger partial charge in [0.2, 0.25) is 0 Å². The van der Waals surface area contributed by atoms with Gasteiger partial charge in [0.25, 0.3) is 5.91 Å². The zero-order valence-electron chi connectivity index (χ0n) is 15.1. The van der Waals surface area contributed by atoms with Crippen molar-refractivity contribution in [2.24, 2.45) is 0 Å². The van der Waals surface area contributed by atoms with Gasteiger partial charge in [0.05, 0.1) is 16.9 Å². The van der Waals surface area contributed by atoms with Gasteiger partial charge in [-0.3, -0.25) is 9.78 Å². The number of nitrogens with zero attached hydrogens (tertiary/aromatic N) is 5. The Balaban J connectivity index is 0.00000131. The molecule has 7 nitrogen and oxygen atoms in total. The zero-order valence-corrected chi connectivity index (χ0v) is 16.8. The third-order valence-electron chi connectivity index (χ3n) is 4.58. The number of carbonyl (C=O) groups is 1. The van der Waals surface area contributed by atoms with Crippen LogP contribution >= 0.6 is 24.8 Å². The first-order chi connectivity index (χ1) is 12.1. The van der Waals surface area contributed by atoms with Crippen molar-refractivity contribution in [1.29, 1.82) is 0 Å². The first kappa shape index (κ1) is 21.1. The average molecular weight is 409 g/mol. The van der Waals surface area contributed by atoms with Gasteiger partial charge in [0, 0.05) is 37.3 Å². The molecular formula is C18H22Cl2N6O. The summed E-state index contributed by atoms with van der Waals surface area (Å²) in [7, 11) is 0. The summed E-state index contributed by atoms with van der Waals surface area (Å²) in [4.78, 5) is 19.0. The van der Waals surface area contributed by atoms with Gasteiger partial charge in [0.15, 0.2) is 5.69 Å². The number of hydrogen-bond donors (Lipinski definition) is 1. The fraction of sp³-hybridized carbons (Fsp3) is 0.333. The Morgan fingerprint density at radius 1 is 1.26 bits per heavy atom. The SMILES string of the molecule is Cc1c(C(=O)N2CCNC(C)C2)nnn1-c1ccc2ncccc2c1.Cl.Cl. The number of rotatable bonds is 2. The molecule has 1 N–H and O–H groups in total. The van der Waals surface area contributed by atoms with Gasteiger partial charge in [-0.15, -0.1) is 29.9 Å². The van der Waals surface area contributed by atoms with E-state index in [1.54, 1.807) is 10.9 Å². The van der Waals surface area contributed by atoms with Crippen LogP contribution in [-0.2, 0) is 0 Å². The first-order valence-corrected chi connectivity index (χ1v) is 8.43. The number of hydrogen-bond acceptors (Lipinski definition) is 5. The summed E-state index contributed by atoms with van der Waals surface area (Å²) in [5.41, 5.74) is 2.97. The molecule has 0 saturated carbocycles. The Labute approximate surface area is 170 Å². The van der Waals surface area contributed by atoms with Gasteiger partial charge in [-0.05, 0) is 38.1 Å². The molecule has 3 aromatic rings. The summed E-state index contributed by atoms with van der Waals surface area (Å²) in [6, 6.07) is 10.1. The van der Waals surface area contributed by atoms with E-state index in [9.17, 15) is 4.79 Å². The molecule has 4 rings (SSSR count). The molecule has 1 aliphatic heterocycles. The lowest BCUT2D eigenvalue weighted by Crippen LogP contribution is -2.51. The van der Waals surface area contributed by atoms with Crippen LogP contribution in [0.15, 0.2) is 36.5 Å². The third kappa shape index (κ3) is 4.05. The predicted molar refractivity (Wildman–Crippen MR) is 109 cm³/mol. The van der Waals surface area contributed by atoms with E-state index in [0.717, 1.165) is 28.8 Å². The summed E-state index contributed by atoms with van der Waals surface area (Å²) in [6.07, 6.45) is 1.77. The molecule has 0 bridgehead atoms. The van der Waals surface area contributed by atoms with Crippen molar-refractivity contribution in [3.8, 4) is 5.69 Å². The maximum atomic E-state index is 12.8. The van der Waals surface area contributed by atoms with Crippen molar-refractivity contribution < 1.29 is 4.79 Å². The standard InChI is InChI=1S/C18H20N6O.2ClH/c1-12-11-23(9-8-19-12)18(25)17-13(2)24(22-21-17)15-5-6-16-14(10-15)4-3-7-20-16;;/h3-7,10,12,19H,8-9,11H2,1-2H3;2*1H. The number of carbonyl (C=O) groups excluding carboxylic acids is 1. The lowest BCUT2D eigenvalue weighted by molar-refractivity contribution is 0.0702. The Morgan fingerprint density at radius 3 is 2.85 bits per heavy atom. The van der Waals surface area contributed by atoms with Gasteiger partial charge >= 0.3 is 0 Å². The molecule has 0 radical (unpaired) electrons. The number of fused-ring (bicyclic) bond motifs is 1. The fourth-order valence-corrected chi connectivity index (χ4v) is 3.23. The lowest BCUT2D eigenvalue weighted by atomic mass is 10.2. The van der Waals surface area contributed by atoms with Crippen molar-refractivity contribution >= 4 is 41.6 Å². The molecule has 9 heteroatoms. The smallest absolute Gasteiger partial charge is 0.276 e. The average Bonchev–Trinajstić information content (AvgIpc) is 3.02. The van der Waals surface area contributed by atoms with E-state index in [-0.39, 0.29) is 30.7 Å². The first-order valence-electron chi connectivity index (χ1n) is 8.43. The van der Waals surface area contributed by atoms with Gasteiger partial charge in [-0.25, -0.2) is 4.68 Å². The minimum Gasteiger partial charge on any atom is -0.334 e. The number of nitrogens with one attached hydrogen (secondary N) is 1. The van der Waals surface area contributed by atoms with Gasteiger partial charge in [-0.1, -0.05) is 11.3 Å². The molecule has 1 atom stereocenters. The molecule has 1 aromatic carbocycles. The maximum Gasteiger partial charge on any atom is 0.276 e. The molecule has 3 heterocycles. The van der Waals surface area contributed by atoms with Crippen LogP contribution in [0.5, 0.6) is 0 Å². The van der Waals surface area contributed by atoms with Crippen molar-refractivity contribution in [2.45, 2.75) is 19.9 Å². The topological polar surface area (TPSA) is 75.9 Å². The molecule has 1 unspecified atom stereocenters. The highest BCUT2D eigenvalue weighted by molar-refractivity contribution is 5.93. The van der Waals surface area contributed by atoms with Crippen LogP contribution in [-0.4, -0.2) is 56.5 Å². The van der Waals surface area contributed by atoms with Crippen LogP contribution in [0.3, 0.4) is 0 Å². The van der Waals surface area contributed by atoms with E-state index in [1.165, 1.54) is 0 Å². The minimum absolute atomic E-state index is 0. The highest BCUT2D eigenvalue weighted by Crippen LogP contribution is 2.19. The van der Waals surface area contributed by atoms with Crippen molar-refractivity contribution in [2.75, 3.05) is 19.6 Å². The van der Waals surface area contributed by atoms with E-state index in [0.29, 0.717) is 24.8 Å². The van der Waals surface area contributed by atoms with E-state index in [4.69, 9.17) is 0 Å². The molecule has 1 saturated heterocycles. The second kappa shape index (κ2) is 8.65. The van der Waals surface area contributed by atoms with Crippen LogP contribution in [0.4, 0.5) is 0 Å². The Hall–Kier alpha value is -2.22. The normalized spacial score (nSPS) is 16.5. The van der Waals surface area contributed by atoms with E-state index >= 15 is 0 Å². The molecule has 0 spiro atoms. The molecular weight excluding hydrogens is 387 g/mol. The van der Waals surface area contributed by atoms with Crippen LogP contribution in [0.1, 0.15) is 23.1 Å². The molecule has 2 aromatic heterocycles. The number of benzene rings is 1. The molecule has 0 aliphatic carbocycles. The van der Waals surface area contributed by atoms with E-state index in [2.05, 4.69) is 27.5 Å². The van der Waals surface area contributed by atoms with Gasteiger partial charge < -0.3 is 10.2 Å². The highest BCUT2D eigenvalue weighted by Gasteiger charge is 2.26. The summed E-state index contributed by atoms with van der Waals surface area (Å²) in [5, 5.41) is 12.7. The van der Waals surface area contributed by atoms with Crippen molar-refractivity contribution in [3.05, 3.63) is 47.9 Å².